The fraction of sp³-hybridized carbons (Fsp3) is 0.500. The molecule has 2 N–H and O–H groups in total. The maximum Gasteiger partial charge on any atom is 0.252 e. The van der Waals surface area contributed by atoms with Crippen molar-refractivity contribution in [2.24, 2.45) is 5.73 Å². The molecule has 0 amide bonds. The van der Waals surface area contributed by atoms with Crippen molar-refractivity contribution < 1.29 is 8.78 Å². The van der Waals surface area contributed by atoms with Crippen LogP contribution in [0.3, 0.4) is 0 Å². The maximum atomic E-state index is 12.8. The second-order valence-corrected chi connectivity index (χ2v) is 4.56. The molecule has 0 aromatic carbocycles. The van der Waals surface area contributed by atoms with E-state index in [1.165, 1.54) is 6.20 Å². The van der Waals surface area contributed by atoms with Gasteiger partial charge in [-0.05, 0) is 24.1 Å². The fourth-order valence-electron chi connectivity index (χ4n) is 1.91. The molecule has 15 heavy (non-hydrogen) atoms. The predicted molar refractivity (Wildman–Crippen MR) is 54.0 cm³/mol. The van der Waals surface area contributed by atoms with Gasteiger partial charge < -0.3 is 5.73 Å². The lowest BCUT2D eigenvalue weighted by molar-refractivity contribution is -0.125. The van der Waals surface area contributed by atoms with Gasteiger partial charge in [-0.1, -0.05) is 11.6 Å². The SMILES string of the molecule is Cc1cc(C2(N)CC(F)(F)C2)cnc1Cl. The minimum atomic E-state index is -2.64. The summed E-state index contributed by atoms with van der Waals surface area (Å²) in [6.45, 7) is 1.78. The third-order valence-corrected chi connectivity index (χ3v) is 3.13. The first kappa shape index (κ1) is 10.8. The Morgan fingerprint density at radius 1 is 1.47 bits per heavy atom. The van der Waals surface area contributed by atoms with Crippen LogP contribution in [0.1, 0.15) is 24.0 Å². The molecule has 0 aliphatic heterocycles. The molecular weight excluding hydrogens is 222 g/mol. The van der Waals surface area contributed by atoms with Gasteiger partial charge >= 0.3 is 0 Å². The molecule has 1 aliphatic rings. The molecule has 1 aromatic rings. The Balaban J connectivity index is 2.28. The monoisotopic (exact) mass is 232 g/mol. The summed E-state index contributed by atoms with van der Waals surface area (Å²) in [5.41, 5.74) is 6.31. The molecule has 0 bridgehead atoms. The summed E-state index contributed by atoms with van der Waals surface area (Å²) in [5.74, 6) is -2.64. The average molecular weight is 233 g/mol. The molecule has 1 aliphatic carbocycles. The van der Waals surface area contributed by atoms with E-state index in [0.29, 0.717) is 10.7 Å². The first-order chi connectivity index (χ1) is 6.82. The van der Waals surface area contributed by atoms with Crippen LogP contribution in [0.5, 0.6) is 0 Å². The second-order valence-electron chi connectivity index (χ2n) is 4.20. The second kappa shape index (κ2) is 3.12. The number of nitrogens with zero attached hydrogens (tertiary/aromatic N) is 1. The normalized spacial score (nSPS) is 22.2. The van der Waals surface area contributed by atoms with Crippen molar-refractivity contribution in [2.45, 2.75) is 31.2 Å². The van der Waals surface area contributed by atoms with Gasteiger partial charge in [0.1, 0.15) is 5.15 Å². The lowest BCUT2D eigenvalue weighted by Crippen LogP contribution is -2.55. The first-order valence-electron chi connectivity index (χ1n) is 4.62. The minimum Gasteiger partial charge on any atom is -0.321 e. The highest BCUT2D eigenvalue weighted by atomic mass is 35.5. The predicted octanol–water partition coefficient (Wildman–Crippen LogP) is 2.63. The topological polar surface area (TPSA) is 38.9 Å². The molecular formula is C10H11ClF2N2. The van der Waals surface area contributed by atoms with E-state index in [0.717, 1.165) is 5.56 Å². The van der Waals surface area contributed by atoms with Crippen LogP contribution in [0.4, 0.5) is 8.78 Å². The Morgan fingerprint density at radius 3 is 2.53 bits per heavy atom. The summed E-state index contributed by atoms with van der Waals surface area (Å²) >= 11 is 5.75. The lowest BCUT2D eigenvalue weighted by Gasteiger charge is -2.44. The molecule has 0 radical (unpaired) electrons. The summed E-state index contributed by atoms with van der Waals surface area (Å²) in [6, 6.07) is 1.73. The fourth-order valence-corrected chi connectivity index (χ4v) is 2.01. The van der Waals surface area contributed by atoms with Gasteiger partial charge in [-0.2, -0.15) is 0 Å². The van der Waals surface area contributed by atoms with Crippen LogP contribution in [-0.2, 0) is 5.54 Å². The Labute approximate surface area is 91.4 Å². The Bertz CT molecular complexity index is 398. The number of aromatic nitrogens is 1. The lowest BCUT2D eigenvalue weighted by atomic mass is 9.70. The van der Waals surface area contributed by atoms with Crippen LogP contribution in [0.25, 0.3) is 0 Å². The average Bonchev–Trinajstić information content (AvgIpc) is 2.06. The van der Waals surface area contributed by atoms with Gasteiger partial charge in [0.15, 0.2) is 0 Å². The van der Waals surface area contributed by atoms with Gasteiger partial charge in [-0.15, -0.1) is 0 Å². The van der Waals surface area contributed by atoms with Gasteiger partial charge in [0, 0.05) is 19.0 Å². The van der Waals surface area contributed by atoms with Crippen molar-refractivity contribution in [3.05, 3.63) is 28.5 Å². The summed E-state index contributed by atoms with van der Waals surface area (Å²) < 4.78 is 25.5. The molecule has 0 saturated heterocycles. The van der Waals surface area contributed by atoms with Crippen LogP contribution in [0.2, 0.25) is 5.15 Å². The number of alkyl halides is 2. The standard InChI is InChI=1S/C10H11ClF2N2/c1-6-2-7(3-15-8(6)11)9(14)4-10(12,13)5-9/h2-3H,4-5,14H2,1H3. The van der Waals surface area contributed by atoms with Crippen molar-refractivity contribution in [1.29, 1.82) is 0 Å². The van der Waals surface area contributed by atoms with E-state index in [4.69, 9.17) is 17.3 Å². The van der Waals surface area contributed by atoms with Gasteiger partial charge in [-0.25, -0.2) is 13.8 Å². The molecule has 1 fully saturated rings. The molecule has 2 rings (SSSR count). The van der Waals surface area contributed by atoms with Crippen molar-refractivity contribution in [3.8, 4) is 0 Å². The van der Waals surface area contributed by atoms with Gasteiger partial charge in [0.2, 0.25) is 0 Å². The van der Waals surface area contributed by atoms with Crippen LogP contribution in [0, 0.1) is 6.92 Å². The number of pyridine rings is 1. The molecule has 5 heteroatoms. The van der Waals surface area contributed by atoms with E-state index in [-0.39, 0.29) is 12.8 Å². The molecule has 82 valence electrons. The number of rotatable bonds is 1. The Hall–Kier alpha value is -0.740. The zero-order valence-electron chi connectivity index (χ0n) is 8.23. The van der Waals surface area contributed by atoms with Gasteiger partial charge in [-0.3, -0.25) is 0 Å². The third kappa shape index (κ3) is 1.84. The third-order valence-electron chi connectivity index (χ3n) is 2.74. The molecule has 1 saturated carbocycles. The van der Waals surface area contributed by atoms with Crippen molar-refractivity contribution in [2.75, 3.05) is 0 Å². The summed E-state index contributed by atoms with van der Waals surface area (Å²) in [6.07, 6.45) is 0.843. The zero-order chi connectivity index (χ0) is 11.3. The number of halogens is 3. The number of hydrogen-bond donors (Lipinski definition) is 1. The summed E-state index contributed by atoms with van der Waals surface area (Å²) in [7, 11) is 0. The quantitative estimate of drug-likeness (QED) is 0.756. The van der Waals surface area contributed by atoms with E-state index in [1.807, 2.05) is 0 Å². The van der Waals surface area contributed by atoms with E-state index >= 15 is 0 Å². The highest BCUT2D eigenvalue weighted by molar-refractivity contribution is 6.30. The highest BCUT2D eigenvalue weighted by Gasteiger charge is 2.55. The Morgan fingerprint density at radius 2 is 2.07 bits per heavy atom. The zero-order valence-corrected chi connectivity index (χ0v) is 8.98. The summed E-state index contributed by atoms with van der Waals surface area (Å²) in [4.78, 5) is 3.92. The number of aryl methyl sites for hydroxylation is 1. The van der Waals surface area contributed by atoms with Crippen molar-refractivity contribution in [3.63, 3.8) is 0 Å². The van der Waals surface area contributed by atoms with Crippen LogP contribution < -0.4 is 5.73 Å². The van der Waals surface area contributed by atoms with Gasteiger partial charge in [0.25, 0.3) is 5.92 Å². The highest BCUT2D eigenvalue weighted by Crippen LogP contribution is 2.49. The molecule has 2 nitrogen and oxygen atoms in total. The van der Waals surface area contributed by atoms with Crippen molar-refractivity contribution in [1.82, 2.24) is 4.98 Å². The minimum absolute atomic E-state index is 0.317. The van der Waals surface area contributed by atoms with E-state index in [9.17, 15) is 8.78 Å². The van der Waals surface area contributed by atoms with Crippen LogP contribution in [-0.4, -0.2) is 10.9 Å². The molecule has 0 atom stereocenters. The van der Waals surface area contributed by atoms with E-state index in [2.05, 4.69) is 4.98 Å². The molecule has 1 aromatic heterocycles. The van der Waals surface area contributed by atoms with E-state index < -0.39 is 11.5 Å². The van der Waals surface area contributed by atoms with E-state index in [1.54, 1.807) is 13.0 Å². The first-order valence-corrected chi connectivity index (χ1v) is 5.00. The number of hydrogen-bond acceptors (Lipinski definition) is 2. The smallest absolute Gasteiger partial charge is 0.252 e. The largest absolute Gasteiger partial charge is 0.321 e. The maximum absolute atomic E-state index is 12.8. The number of nitrogens with two attached hydrogens (primary N) is 1. The van der Waals surface area contributed by atoms with Crippen LogP contribution >= 0.6 is 11.6 Å². The summed E-state index contributed by atoms with van der Waals surface area (Å²) in [5, 5.41) is 0.383. The van der Waals surface area contributed by atoms with Gasteiger partial charge in [0.05, 0.1) is 5.54 Å². The molecule has 0 unspecified atom stereocenters. The molecule has 1 heterocycles. The molecule has 0 spiro atoms. The van der Waals surface area contributed by atoms with Crippen molar-refractivity contribution >= 4 is 11.6 Å². The van der Waals surface area contributed by atoms with Crippen LogP contribution in [0.15, 0.2) is 12.3 Å². The Kier molecular flexibility index (Phi) is 2.24.